The number of nitrogens with one attached hydrogen (secondary N) is 2. The highest BCUT2D eigenvalue weighted by Gasteiger charge is 2.25. The predicted octanol–water partition coefficient (Wildman–Crippen LogP) is 2.91. The van der Waals surface area contributed by atoms with Crippen molar-refractivity contribution in [3.8, 4) is 5.75 Å². The Kier molecular flexibility index (Phi) is 4.29. The van der Waals surface area contributed by atoms with Gasteiger partial charge in [0.05, 0.1) is 11.7 Å². The number of benzene rings is 2. The Bertz CT molecular complexity index is 603. The third kappa shape index (κ3) is 3.47. The topological polar surface area (TPSA) is 59.3 Å². The van der Waals surface area contributed by atoms with Crippen LogP contribution in [0.1, 0.15) is 18.0 Å². The molecule has 2 aromatic rings. The van der Waals surface area contributed by atoms with E-state index < -0.39 is 0 Å². The summed E-state index contributed by atoms with van der Waals surface area (Å²) >= 11 is 5.91. The van der Waals surface area contributed by atoms with E-state index in [1.807, 2.05) is 48.5 Å². The Labute approximate surface area is 129 Å². The van der Waals surface area contributed by atoms with Gasteiger partial charge in [0.25, 0.3) is 0 Å². The van der Waals surface area contributed by atoms with Gasteiger partial charge in [-0.25, -0.2) is 5.43 Å². The molecule has 0 bridgehead atoms. The molecular weight excluding hydrogens is 286 g/mol. The van der Waals surface area contributed by atoms with Crippen LogP contribution in [0.25, 0.3) is 0 Å². The second-order valence-corrected chi connectivity index (χ2v) is 5.61. The van der Waals surface area contributed by atoms with Gasteiger partial charge in [0.15, 0.2) is 0 Å². The molecular formula is C16H18ClN3O. The Balaban J connectivity index is 1.55. The summed E-state index contributed by atoms with van der Waals surface area (Å²) in [5, 5.41) is 0.754. The number of rotatable bonds is 4. The molecule has 0 radical (unpaired) electrons. The van der Waals surface area contributed by atoms with E-state index in [0.717, 1.165) is 17.2 Å². The third-order valence-corrected chi connectivity index (χ3v) is 3.87. The fourth-order valence-electron chi connectivity index (χ4n) is 2.45. The first-order valence-electron chi connectivity index (χ1n) is 6.96. The van der Waals surface area contributed by atoms with Gasteiger partial charge in [0, 0.05) is 11.1 Å². The SMILES string of the molecule is Nc1ccccc1OCC1CC(c2ccc(Cl)cc2)NN1. The lowest BCUT2D eigenvalue weighted by molar-refractivity contribution is 0.274. The van der Waals surface area contributed by atoms with Gasteiger partial charge in [-0.2, -0.15) is 0 Å². The lowest BCUT2D eigenvalue weighted by Gasteiger charge is -2.13. The Morgan fingerprint density at radius 2 is 1.86 bits per heavy atom. The van der Waals surface area contributed by atoms with E-state index >= 15 is 0 Å². The van der Waals surface area contributed by atoms with Crippen LogP contribution in [0.15, 0.2) is 48.5 Å². The molecule has 0 spiro atoms. The summed E-state index contributed by atoms with van der Waals surface area (Å²) in [5.41, 5.74) is 14.3. The fraction of sp³-hybridized carbons (Fsp3) is 0.250. The highest BCUT2D eigenvalue weighted by atomic mass is 35.5. The van der Waals surface area contributed by atoms with Gasteiger partial charge in [-0.15, -0.1) is 0 Å². The van der Waals surface area contributed by atoms with Crippen molar-refractivity contribution in [3.63, 3.8) is 0 Å². The number of anilines is 1. The van der Waals surface area contributed by atoms with Crippen LogP contribution in [0.4, 0.5) is 5.69 Å². The van der Waals surface area contributed by atoms with Crippen LogP contribution in [-0.2, 0) is 0 Å². The van der Waals surface area contributed by atoms with Crippen molar-refractivity contribution in [2.45, 2.75) is 18.5 Å². The summed E-state index contributed by atoms with van der Waals surface area (Å²) in [7, 11) is 0. The Hall–Kier alpha value is -1.75. The molecule has 0 amide bonds. The Morgan fingerprint density at radius 3 is 2.62 bits per heavy atom. The van der Waals surface area contributed by atoms with Gasteiger partial charge in [-0.05, 0) is 36.2 Å². The first-order valence-corrected chi connectivity index (χ1v) is 7.34. The van der Waals surface area contributed by atoms with E-state index in [1.165, 1.54) is 5.56 Å². The molecule has 21 heavy (non-hydrogen) atoms. The second-order valence-electron chi connectivity index (χ2n) is 5.17. The van der Waals surface area contributed by atoms with Crippen molar-refractivity contribution in [1.29, 1.82) is 0 Å². The normalized spacial score (nSPS) is 21.4. The van der Waals surface area contributed by atoms with E-state index in [4.69, 9.17) is 22.1 Å². The highest BCUT2D eigenvalue weighted by molar-refractivity contribution is 6.30. The van der Waals surface area contributed by atoms with E-state index in [1.54, 1.807) is 0 Å². The molecule has 4 nitrogen and oxygen atoms in total. The summed E-state index contributed by atoms with van der Waals surface area (Å²) in [6, 6.07) is 16.0. The molecule has 1 aliphatic rings. The minimum atomic E-state index is 0.241. The standard InChI is InChI=1S/C16H18ClN3O/c17-12-7-5-11(6-8-12)15-9-13(19-20-15)10-21-16-4-2-1-3-14(16)18/h1-8,13,15,19-20H,9-10,18H2. The molecule has 1 fully saturated rings. The third-order valence-electron chi connectivity index (χ3n) is 3.61. The lowest BCUT2D eigenvalue weighted by Crippen LogP contribution is -2.34. The molecule has 1 saturated heterocycles. The lowest BCUT2D eigenvalue weighted by atomic mass is 10.0. The zero-order valence-corrected chi connectivity index (χ0v) is 12.3. The maximum Gasteiger partial charge on any atom is 0.142 e. The molecule has 0 saturated carbocycles. The van der Waals surface area contributed by atoms with Crippen LogP contribution in [0.3, 0.4) is 0 Å². The molecule has 1 heterocycles. The van der Waals surface area contributed by atoms with Crippen molar-refractivity contribution in [2.75, 3.05) is 12.3 Å². The number of nitrogens with two attached hydrogens (primary N) is 1. The van der Waals surface area contributed by atoms with Gasteiger partial charge in [0.1, 0.15) is 12.4 Å². The average Bonchev–Trinajstić information content (AvgIpc) is 2.96. The molecule has 1 aliphatic heterocycles. The van der Waals surface area contributed by atoms with Crippen molar-refractivity contribution >= 4 is 17.3 Å². The van der Waals surface area contributed by atoms with Crippen LogP contribution < -0.4 is 21.3 Å². The monoisotopic (exact) mass is 303 g/mol. The van der Waals surface area contributed by atoms with Crippen LogP contribution in [-0.4, -0.2) is 12.6 Å². The largest absolute Gasteiger partial charge is 0.490 e. The van der Waals surface area contributed by atoms with Crippen LogP contribution >= 0.6 is 11.6 Å². The van der Waals surface area contributed by atoms with Crippen LogP contribution in [0.2, 0.25) is 5.02 Å². The van der Waals surface area contributed by atoms with E-state index in [9.17, 15) is 0 Å². The van der Waals surface area contributed by atoms with Gasteiger partial charge in [-0.1, -0.05) is 35.9 Å². The number of hydrazine groups is 1. The minimum absolute atomic E-state index is 0.241. The number of halogens is 1. The zero-order chi connectivity index (χ0) is 14.7. The summed E-state index contributed by atoms with van der Waals surface area (Å²) in [4.78, 5) is 0. The van der Waals surface area contributed by atoms with Gasteiger partial charge < -0.3 is 10.5 Å². The first-order chi connectivity index (χ1) is 10.2. The Morgan fingerprint density at radius 1 is 1.10 bits per heavy atom. The maximum atomic E-state index is 5.91. The van der Waals surface area contributed by atoms with Gasteiger partial charge >= 0.3 is 0 Å². The highest BCUT2D eigenvalue weighted by Crippen LogP contribution is 2.25. The van der Waals surface area contributed by atoms with Gasteiger partial charge in [-0.3, -0.25) is 5.43 Å². The molecule has 2 atom stereocenters. The number of ether oxygens (including phenoxy) is 1. The van der Waals surface area contributed by atoms with Crippen LogP contribution in [0, 0.1) is 0 Å². The summed E-state index contributed by atoms with van der Waals surface area (Å²) in [5.74, 6) is 0.731. The summed E-state index contributed by atoms with van der Waals surface area (Å²) in [6.07, 6.45) is 0.953. The van der Waals surface area contributed by atoms with Crippen molar-refractivity contribution < 1.29 is 4.74 Å². The maximum absolute atomic E-state index is 5.91. The van der Waals surface area contributed by atoms with E-state index in [0.29, 0.717) is 12.3 Å². The van der Waals surface area contributed by atoms with Crippen molar-refractivity contribution in [1.82, 2.24) is 10.9 Å². The first kappa shape index (κ1) is 14.2. The number of nitrogen functional groups attached to an aromatic ring is 1. The second kappa shape index (κ2) is 6.35. The van der Waals surface area contributed by atoms with E-state index in [2.05, 4.69) is 10.9 Å². The van der Waals surface area contributed by atoms with Gasteiger partial charge in [0.2, 0.25) is 0 Å². The summed E-state index contributed by atoms with van der Waals surface area (Å²) in [6.45, 7) is 0.575. The van der Waals surface area contributed by atoms with Crippen molar-refractivity contribution in [2.24, 2.45) is 0 Å². The number of para-hydroxylation sites is 2. The average molecular weight is 304 g/mol. The number of hydrogen-bond donors (Lipinski definition) is 3. The van der Waals surface area contributed by atoms with E-state index in [-0.39, 0.29) is 12.1 Å². The molecule has 5 heteroatoms. The minimum Gasteiger partial charge on any atom is -0.490 e. The smallest absolute Gasteiger partial charge is 0.142 e. The quantitative estimate of drug-likeness (QED) is 0.760. The molecule has 0 aliphatic carbocycles. The summed E-state index contributed by atoms with van der Waals surface area (Å²) < 4.78 is 5.78. The predicted molar refractivity (Wildman–Crippen MR) is 85.2 cm³/mol. The number of hydrogen-bond acceptors (Lipinski definition) is 4. The van der Waals surface area contributed by atoms with Crippen LogP contribution in [0.5, 0.6) is 5.75 Å². The molecule has 110 valence electrons. The zero-order valence-electron chi connectivity index (χ0n) is 11.6. The molecule has 2 unspecified atom stereocenters. The van der Waals surface area contributed by atoms with Crippen molar-refractivity contribution in [3.05, 3.63) is 59.1 Å². The molecule has 0 aromatic heterocycles. The molecule has 3 rings (SSSR count). The molecule has 4 N–H and O–H groups in total. The fourth-order valence-corrected chi connectivity index (χ4v) is 2.57. The molecule has 2 aromatic carbocycles.